The van der Waals surface area contributed by atoms with Crippen molar-refractivity contribution in [1.29, 1.82) is 0 Å². The second-order valence-electron chi connectivity index (χ2n) is 5.24. The van der Waals surface area contributed by atoms with E-state index in [1.54, 1.807) is 24.3 Å². The maximum atomic E-state index is 12.9. The van der Waals surface area contributed by atoms with Crippen molar-refractivity contribution >= 4 is 11.8 Å². The Morgan fingerprint density at radius 3 is 1.42 bits per heavy atom. The first kappa shape index (κ1) is 19.9. The predicted octanol–water partition coefficient (Wildman–Crippen LogP) is 1.17. The van der Waals surface area contributed by atoms with E-state index < -0.39 is 12.1 Å². The van der Waals surface area contributed by atoms with E-state index in [1.807, 2.05) is 0 Å². The number of piperazine rings is 1. The van der Waals surface area contributed by atoms with Crippen LogP contribution < -0.4 is 0 Å². The second kappa shape index (κ2) is 10.6. The van der Waals surface area contributed by atoms with Crippen molar-refractivity contribution < 1.29 is 19.1 Å². The highest BCUT2D eigenvalue weighted by Crippen LogP contribution is 2.19. The first-order valence-corrected chi connectivity index (χ1v) is 7.82. The average molecular weight is 334 g/mol. The minimum absolute atomic E-state index is 0.109. The summed E-state index contributed by atoms with van der Waals surface area (Å²) in [4.78, 5) is 28.7. The van der Waals surface area contributed by atoms with Crippen LogP contribution in [0.3, 0.4) is 0 Å². The fraction of sp³-hybridized carbons (Fsp3) is 0.444. The number of hydrogen-bond acceptors (Lipinski definition) is 4. The van der Waals surface area contributed by atoms with Crippen LogP contribution in [-0.4, -0.2) is 73.2 Å². The van der Waals surface area contributed by atoms with Gasteiger partial charge in [-0.25, -0.2) is 0 Å². The van der Waals surface area contributed by atoms with Gasteiger partial charge in [-0.15, -0.1) is 26.3 Å². The van der Waals surface area contributed by atoms with Gasteiger partial charge in [0, 0.05) is 13.1 Å². The third-order valence-electron chi connectivity index (χ3n) is 3.56. The molecule has 1 rings (SSSR count). The Morgan fingerprint density at radius 1 is 0.750 bits per heavy atom. The molecule has 1 aliphatic rings. The van der Waals surface area contributed by atoms with Gasteiger partial charge >= 0.3 is 0 Å². The van der Waals surface area contributed by atoms with Crippen LogP contribution in [0.1, 0.15) is 0 Å². The molecule has 1 heterocycles. The zero-order valence-corrected chi connectivity index (χ0v) is 14.1. The topological polar surface area (TPSA) is 59.1 Å². The molecule has 0 N–H and O–H groups in total. The second-order valence-corrected chi connectivity index (χ2v) is 5.24. The molecule has 2 atom stereocenters. The molecule has 24 heavy (non-hydrogen) atoms. The molecule has 0 aromatic heterocycles. The molecule has 0 spiro atoms. The van der Waals surface area contributed by atoms with Crippen molar-refractivity contribution in [2.75, 3.05) is 39.5 Å². The molecule has 0 saturated carbocycles. The first-order valence-electron chi connectivity index (χ1n) is 7.82. The maximum absolute atomic E-state index is 12.9. The summed E-state index contributed by atoms with van der Waals surface area (Å²) in [7, 11) is 0. The molecule has 6 nitrogen and oxygen atoms in total. The lowest BCUT2D eigenvalue weighted by molar-refractivity contribution is -0.165. The number of amides is 2. The quantitative estimate of drug-likeness (QED) is 0.397. The summed E-state index contributed by atoms with van der Waals surface area (Å²) in [6.45, 7) is 15.9. The van der Waals surface area contributed by atoms with Gasteiger partial charge in [-0.2, -0.15) is 0 Å². The number of carbonyl (C=O) groups excluding carboxylic acids is 2. The van der Waals surface area contributed by atoms with Gasteiger partial charge in [0.05, 0.1) is 26.4 Å². The molecule has 1 saturated heterocycles. The lowest BCUT2D eigenvalue weighted by Crippen LogP contribution is -2.67. The Balaban J connectivity index is 3.01. The van der Waals surface area contributed by atoms with Crippen LogP contribution in [0.2, 0.25) is 0 Å². The average Bonchev–Trinajstić information content (AvgIpc) is 2.57. The summed E-state index contributed by atoms with van der Waals surface area (Å²) in [5, 5.41) is 0. The van der Waals surface area contributed by atoms with Crippen molar-refractivity contribution in [3.05, 3.63) is 50.6 Å². The molecular formula is C18H26N2O4. The normalized spacial score (nSPS) is 20.8. The summed E-state index contributed by atoms with van der Waals surface area (Å²) in [6.07, 6.45) is 6.38. The minimum Gasteiger partial charge on any atom is -0.375 e. The molecule has 132 valence electrons. The molecule has 1 fully saturated rings. The SMILES string of the molecule is C=CCOCC1C(=O)N(CC=C)C(COCC=C)C(=O)N1CC=C. The molecule has 0 aromatic carbocycles. The Kier molecular flexibility index (Phi) is 8.75. The lowest BCUT2D eigenvalue weighted by Gasteiger charge is -2.44. The van der Waals surface area contributed by atoms with Gasteiger partial charge in [0.1, 0.15) is 12.1 Å². The van der Waals surface area contributed by atoms with Crippen LogP contribution in [0.15, 0.2) is 50.6 Å². The van der Waals surface area contributed by atoms with Crippen molar-refractivity contribution in [1.82, 2.24) is 9.80 Å². The third-order valence-corrected chi connectivity index (χ3v) is 3.56. The van der Waals surface area contributed by atoms with Crippen LogP contribution in [0.5, 0.6) is 0 Å². The Hall–Kier alpha value is -2.18. The number of nitrogens with zero attached hydrogens (tertiary/aromatic N) is 2. The molecule has 2 amide bonds. The highest BCUT2D eigenvalue weighted by Gasteiger charge is 2.45. The van der Waals surface area contributed by atoms with Crippen LogP contribution >= 0.6 is 0 Å². The smallest absolute Gasteiger partial charge is 0.248 e. The van der Waals surface area contributed by atoms with E-state index in [2.05, 4.69) is 26.3 Å². The Morgan fingerprint density at radius 2 is 1.12 bits per heavy atom. The van der Waals surface area contributed by atoms with Crippen molar-refractivity contribution in [2.45, 2.75) is 12.1 Å². The van der Waals surface area contributed by atoms with Gasteiger partial charge in [-0.05, 0) is 0 Å². The molecule has 0 aliphatic carbocycles. The van der Waals surface area contributed by atoms with Crippen molar-refractivity contribution in [3.63, 3.8) is 0 Å². The molecule has 6 heteroatoms. The molecule has 1 aliphatic heterocycles. The monoisotopic (exact) mass is 334 g/mol. The highest BCUT2D eigenvalue weighted by atomic mass is 16.5. The van der Waals surface area contributed by atoms with Gasteiger partial charge < -0.3 is 19.3 Å². The molecular weight excluding hydrogens is 308 g/mol. The van der Waals surface area contributed by atoms with Crippen molar-refractivity contribution in [2.24, 2.45) is 0 Å². The summed E-state index contributed by atoms with van der Waals surface area (Å²) < 4.78 is 10.8. The van der Waals surface area contributed by atoms with Crippen LogP contribution in [0.25, 0.3) is 0 Å². The standard InChI is InChI=1S/C18H26N2O4/c1-5-9-19-15(13-23-11-7-3)18(22)20(10-6-2)16(17(19)21)14-24-12-8-4/h5-8,15-16H,1-4,9-14H2. The van der Waals surface area contributed by atoms with Gasteiger partial charge in [0.25, 0.3) is 0 Å². The summed E-state index contributed by atoms with van der Waals surface area (Å²) in [5.74, 6) is -0.375. The van der Waals surface area contributed by atoms with Crippen LogP contribution in [0.4, 0.5) is 0 Å². The minimum atomic E-state index is -0.689. The number of rotatable bonds is 12. The molecule has 0 bridgehead atoms. The number of ether oxygens (including phenoxy) is 2. The fourth-order valence-corrected chi connectivity index (χ4v) is 2.52. The maximum Gasteiger partial charge on any atom is 0.248 e. The zero-order valence-electron chi connectivity index (χ0n) is 14.1. The zero-order chi connectivity index (χ0) is 17.9. The summed E-state index contributed by atoms with van der Waals surface area (Å²) in [6, 6.07) is -1.38. The molecule has 0 aromatic rings. The van der Waals surface area contributed by atoms with Gasteiger partial charge in [0.15, 0.2) is 0 Å². The first-order chi connectivity index (χ1) is 11.6. The summed E-state index contributed by atoms with van der Waals surface area (Å²) >= 11 is 0. The van der Waals surface area contributed by atoms with E-state index in [1.165, 1.54) is 9.80 Å². The predicted molar refractivity (Wildman–Crippen MR) is 93.4 cm³/mol. The lowest BCUT2D eigenvalue weighted by atomic mass is 10.0. The molecule has 2 unspecified atom stereocenters. The van der Waals surface area contributed by atoms with Crippen LogP contribution in [0, 0.1) is 0 Å². The van der Waals surface area contributed by atoms with E-state index in [4.69, 9.17) is 9.47 Å². The largest absolute Gasteiger partial charge is 0.375 e. The van der Waals surface area contributed by atoms with E-state index in [-0.39, 0.29) is 38.1 Å². The van der Waals surface area contributed by atoms with E-state index >= 15 is 0 Å². The van der Waals surface area contributed by atoms with Gasteiger partial charge in [0.2, 0.25) is 11.8 Å². The number of carbonyl (C=O) groups is 2. The van der Waals surface area contributed by atoms with E-state index in [0.29, 0.717) is 13.2 Å². The van der Waals surface area contributed by atoms with Gasteiger partial charge in [-0.3, -0.25) is 9.59 Å². The number of hydrogen-bond donors (Lipinski definition) is 0. The molecule has 0 radical (unpaired) electrons. The van der Waals surface area contributed by atoms with E-state index in [0.717, 1.165) is 0 Å². The van der Waals surface area contributed by atoms with Gasteiger partial charge in [-0.1, -0.05) is 24.3 Å². The van der Waals surface area contributed by atoms with E-state index in [9.17, 15) is 9.59 Å². The highest BCUT2D eigenvalue weighted by molar-refractivity contribution is 5.97. The van der Waals surface area contributed by atoms with Crippen LogP contribution in [-0.2, 0) is 19.1 Å². The third kappa shape index (κ3) is 4.91. The Bertz CT molecular complexity index is 445. The Labute approximate surface area is 143 Å². The van der Waals surface area contributed by atoms with Crippen molar-refractivity contribution in [3.8, 4) is 0 Å². The fourth-order valence-electron chi connectivity index (χ4n) is 2.52. The summed E-state index contributed by atoms with van der Waals surface area (Å²) in [5.41, 5.74) is 0.